The van der Waals surface area contributed by atoms with Gasteiger partial charge in [0.1, 0.15) is 0 Å². The molecule has 5 heteroatoms. The van der Waals surface area contributed by atoms with Crippen molar-refractivity contribution in [2.45, 2.75) is 6.92 Å². The third-order valence-corrected chi connectivity index (χ3v) is 2.54. The van der Waals surface area contributed by atoms with Gasteiger partial charge in [0.25, 0.3) is 0 Å². The van der Waals surface area contributed by atoms with E-state index >= 15 is 0 Å². The first-order chi connectivity index (χ1) is 8.09. The SMILES string of the molecule is CC(C(=O)c1cnn(C)c1)C(=O)c1ccco1. The first-order valence-electron chi connectivity index (χ1n) is 5.20. The molecule has 17 heavy (non-hydrogen) atoms. The highest BCUT2D eigenvalue weighted by Gasteiger charge is 2.26. The van der Waals surface area contributed by atoms with Crippen molar-refractivity contribution in [2.75, 3.05) is 0 Å². The molecule has 0 bridgehead atoms. The Kier molecular flexibility index (Phi) is 2.91. The van der Waals surface area contributed by atoms with Gasteiger partial charge in [0, 0.05) is 13.2 Å². The summed E-state index contributed by atoms with van der Waals surface area (Å²) in [6.45, 7) is 1.57. The molecule has 1 unspecified atom stereocenters. The van der Waals surface area contributed by atoms with Gasteiger partial charge in [-0.2, -0.15) is 5.10 Å². The Balaban J connectivity index is 2.18. The molecule has 0 saturated carbocycles. The smallest absolute Gasteiger partial charge is 0.208 e. The van der Waals surface area contributed by atoms with Crippen LogP contribution in [0.25, 0.3) is 0 Å². The van der Waals surface area contributed by atoms with E-state index in [0.29, 0.717) is 5.56 Å². The fourth-order valence-corrected chi connectivity index (χ4v) is 1.55. The van der Waals surface area contributed by atoms with E-state index in [1.807, 2.05) is 0 Å². The summed E-state index contributed by atoms with van der Waals surface area (Å²) in [6.07, 6.45) is 4.46. The predicted octanol–water partition coefficient (Wildman–Crippen LogP) is 1.71. The van der Waals surface area contributed by atoms with Crippen LogP contribution < -0.4 is 0 Å². The molecule has 1 atom stereocenters. The first-order valence-corrected chi connectivity index (χ1v) is 5.20. The van der Waals surface area contributed by atoms with Gasteiger partial charge in [-0.1, -0.05) is 0 Å². The standard InChI is InChI=1S/C12H12N2O3/c1-8(12(16)10-4-3-5-17-10)11(15)9-6-13-14(2)7-9/h3-8H,1-2H3. The first kappa shape index (κ1) is 11.3. The molecule has 0 radical (unpaired) electrons. The summed E-state index contributed by atoms with van der Waals surface area (Å²) in [7, 11) is 1.72. The van der Waals surface area contributed by atoms with E-state index in [1.54, 1.807) is 32.3 Å². The zero-order valence-corrected chi connectivity index (χ0v) is 9.58. The van der Waals surface area contributed by atoms with E-state index in [9.17, 15) is 9.59 Å². The summed E-state index contributed by atoms with van der Waals surface area (Å²) in [5.41, 5.74) is 0.430. The fourth-order valence-electron chi connectivity index (χ4n) is 1.55. The molecule has 88 valence electrons. The Bertz CT molecular complexity index is 540. The predicted molar refractivity (Wildman–Crippen MR) is 59.7 cm³/mol. The van der Waals surface area contributed by atoms with Gasteiger partial charge in [0.2, 0.25) is 5.78 Å². The highest BCUT2D eigenvalue weighted by atomic mass is 16.3. The summed E-state index contributed by atoms with van der Waals surface area (Å²) in [5.74, 6) is -1.12. The monoisotopic (exact) mass is 232 g/mol. The molecule has 0 aliphatic carbocycles. The minimum Gasteiger partial charge on any atom is -0.461 e. The number of furan rings is 1. The van der Waals surface area contributed by atoms with Crippen molar-refractivity contribution < 1.29 is 14.0 Å². The molecule has 2 rings (SSSR count). The second-order valence-electron chi connectivity index (χ2n) is 3.83. The molecule has 0 saturated heterocycles. The third-order valence-electron chi connectivity index (χ3n) is 2.54. The topological polar surface area (TPSA) is 65.1 Å². The van der Waals surface area contributed by atoms with E-state index in [4.69, 9.17) is 4.42 Å². The van der Waals surface area contributed by atoms with Gasteiger partial charge in [0.15, 0.2) is 11.5 Å². The van der Waals surface area contributed by atoms with Crippen LogP contribution in [0.4, 0.5) is 0 Å². The number of carbonyl (C=O) groups is 2. The van der Waals surface area contributed by atoms with E-state index in [2.05, 4.69) is 5.10 Å². The Morgan fingerprint density at radius 2 is 2.18 bits per heavy atom. The Labute approximate surface area is 98.0 Å². The van der Waals surface area contributed by atoms with Crippen molar-refractivity contribution in [1.29, 1.82) is 0 Å². The van der Waals surface area contributed by atoms with Crippen LogP contribution in [0.5, 0.6) is 0 Å². The molecule has 0 fully saturated rings. The van der Waals surface area contributed by atoms with Crippen molar-refractivity contribution in [1.82, 2.24) is 9.78 Å². The van der Waals surface area contributed by atoms with Gasteiger partial charge in [-0.05, 0) is 19.1 Å². The van der Waals surface area contributed by atoms with E-state index in [1.165, 1.54) is 17.1 Å². The summed E-state index contributed by atoms with van der Waals surface area (Å²) in [6, 6.07) is 3.17. The minimum atomic E-state index is -0.759. The zero-order chi connectivity index (χ0) is 12.4. The third kappa shape index (κ3) is 2.18. The average Bonchev–Trinajstić information content (AvgIpc) is 2.96. The quantitative estimate of drug-likeness (QED) is 0.594. The Morgan fingerprint density at radius 3 is 2.71 bits per heavy atom. The molecule has 2 aromatic rings. The highest BCUT2D eigenvalue weighted by molar-refractivity contribution is 6.14. The lowest BCUT2D eigenvalue weighted by molar-refractivity contribution is 0.0803. The second-order valence-corrected chi connectivity index (χ2v) is 3.83. The van der Waals surface area contributed by atoms with Gasteiger partial charge in [-0.15, -0.1) is 0 Å². The molecule has 0 aromatic carbocycles. The van der Waals surface area contributed by atoms with E-state index in [-0.39, 0.29) is 17.3 Å². The van der Waals surface area contributed by atoms with Gasteiger partial charge in [0.05, 0.1) is 23.9 Å². The zero-order valence-electron chi connectivity index (χ0n) is 9.58. The van der Waals surface area contributed by atoms with Crippen LogP contribution in [0, 0.1) is 5.92 Å². The van der Waals surface area contributed by atoms with Gasteiger partial charge >= 0.3 is 0 Å². The normalized spacial score (nSPS) is 12.4. The van der Waals surface area contributed by atoms with E-state index < -0.39 is 5.92 Å². The number of aromatic nitrogens is 2. The number of Topliss-reactive ketones (excluding diaryl/α,β-unsaturated/α-hetero) is 2. The molecular weight excluding hydrogens is 220 g/mol. The van der Waals surface area contributed by atoms with Crippen molar-refractivity contribution in [2.24, 2.45) is 13.0 Å². The molecule has 2 heterocycles. The van der Waals surface area contributed by atoms with Crippen molar-refractivity contribution in [3.05, 3.63) is 42.1 Å². The van der Waals surface area contributed by atoms with Crippen molar-refractivity contribution in [3.63, 3.8) is 0 Å². The Hall–Kier alpha value is -2.17. The summed E-state index contributed by atoms with van der Waals surface area (Å²) in [4.78, 5) is 23.9. The number of hydrogen-bond acceptors (Lipinski definition) is 4. The molecule has 0 N–H and O–H groups in total. The number of rotatable bonds is 4. The van der Waals surface area contributed by atoms with Crippen LogP contribution in [-0.2, 0) is 7.05 Å². The van der Waals surface area contributed by atoms with Gasteiger partial charge in [-0.3, -0.25) is 14.3 Å². The summed E-state index contributed by atoms with van der Waals surface area (Å²) >= 11 is 0. The van der Waals surface area contributed by atoms with Crippen molar-refractivity contribution >= 4 is 11.6 Å². The van der Waals surface area contributed by atoms with Crippen LogP contribution in [0.15, 0.2) is 35.2 Å². The minimum absolute atomic E-state index is 0.203. The lowest BCUT2D eigenvalue weighted by Crippen LogP contribution is -2.20. The lowest BCUT2D eigenvalue weighted by Gasteiger charge is -2.05. The molecule has 0 spiro atoms. The number of hydrogen-bond donors (Lipinski definition) is 0. The Morgan fingerprint density at radius 1 is 1.41 bits per heavy atom. The van der Waals surface area contributed by atoms with Crippen LogP contribution in [0.1, 0.15) is 27.8 Å². The van der Waals surface area contributed by atoms with Crippen LogP contribution in [0.3, 0.4) is 0 Å². The van der Waals surface area contributed by atoms with Crippen molar-refractivity contribution in [3.8, 4) is 0 Å². The van der Waals surface area contributed by atoms with Crippen LogP contribution in [0.2, 0.25) is 0 Å². The fraction of sp³-hybridized carbons (Fsp3) is 0.250. The largest absolute Gasteiger partial charge is 0.461 e. The maximum Gasteiger partial charge on any atom is 0.208 e. The number of carbonyl (C=O) groups excluding carboxylic acids is 2. The summed E-state index contributed by atoms with van der Waals surface area (Å²) in [5, 5.41) is 3.90. The molecule has 0 aliphatic heterocycles. The molecule has 2 aromatic heterocycles. The average molecular weight is 232 g/mol. The molecule has 0 aliphatic rings. The molecule has 5 nitrogen and oxygen atoms in total. The van der Waals surface area contributed by atoms with Gasteiger partial charge < -0.3 is 4.42 Å². The highest BCUT2D eigenvalue weighted by Crippen LogP contribution is 2.14. The summed E-state index contributed by atoms with van der Waals surface area (Å²) < 4.78 is 6.51. The maximum atomic E-state index is 12.0. The lowest BCUT2D eigenvalue weighted by atomic mass is 9.96. The maximum absolute atomic E-state index is 12.0. The van der Waals surface area contributed by atoms with Crippen LogP contribution >= 0.6 is 0 Å². The number of ketones is 2. The van der Waals surface area contributed by atoms with Gasteiger partial charge in [-0.25, -0.2) is 0 Å². The molecular formula is C12H12N2O3. The number of aryl methyl sites for hydroxylation is 1. The molecule has 0 amide bonds. The number of nitrogens with zero attached hydrogens (tertiary/aromatic N) is 2. The van der Waals surface area contributed by atoms with E-state index in [0.717, 1.165) is 0 Å². The second kappa shape index (κ2) is 4.37. The van der Waals surface area contributed by atoms with Crippen LogP contribution in [-0.4, -0.2) is 21.3 Å².